The molecule has 1 N–H and O–H groups in total. The summed E-state index contributed by atoms with van der Waals surface area (Å²) < 4.78 is 5.50. The number of carbonyl (C=O) groups is 1. The largest absolute Gasteiger partial charge is 0.366 e. The third-order valence-corrected chi connectivity index (χ3v) is 3.04. The van der Waals surface area contributed by atoms with Crippen LogP contribution in [-0.2, 0) is 9.53 Å². The van der Waals surface area contributed by atoms with Crippen molar-refractivity contribution in [1.29, 1.82) is 0 Å². The van der Waals surface area contributed by atoms with Gasteiger partial charge in [0.05, 0.1) is 6.61 Å². The van der Waals surface area contributed by atoms with Gasteiger partial charge in [-0.25, -0.2) is 0 Å². The Kier molecular flexibility index (Phi) is 3.26. The number of morpholine rings is 1. The predicted molar refractivity (Wildman–Crippen MR) is 57.6 cm³/mol. The van der Waals surface area contributed by atoms with Gasteiger partial charge in [0.1, 0.15) is 6.10 Å². The lowest BCUT2D eigenvalue weighted by molar-refractivity contribution is -0.139. The predicted octanol–water partition coefficient (Wildman–Crippen LogP) is 0.374. The van der Waals surface area contributed by atoms with Gasteiger partial charge in [0.2, 0.25) is 0 Å². The summed E-state index contributed by atoms with van der Waals surface area (Å²) >= 11 is 0. The number of amides is 1. The van der Waals surface area contributed by atoms with E-state index in [4.69, 9.17) is 4.74 Å². The molecule has 1 heterocycles. The van der Waals surface area contributed by atoms with Crippen LogP contribution in [0.2, 0.25) is 0 Å². The van der Waals surface area contributed by atoms with Crippen LogP contribution in [0.4, 0.5) is 0 Å². The highest BCUT2D eigenvalue weighted by Crippen LogP contribution is 2.19. The molecule has 1 aliphatic heterocycles. The maximum absolute atomic E-state index is 11.8. The Bertz CT molecular complexity index is 239. The first-order valence-corrected chi connectivity index (χ1v) is 5.83. The minimum Gasteiger partial charge on any atom is -0.366 e. The zero-order valence-corrected chi connectivity index (χ0v) is 9.53. The molecule has 0 bridgehead atoms. The molecule has 0 aromatic heterocycles. The third-order valence-electron chi connectivity index (χ3n) is 3.04. The van der Waals surface area contributed by atoms with E-state index in [1.807, 2.05) is 0 Å². The van der Waals surface area contributed by atoms with Gasteiger partial charge in [0, 0.05) is 25.2 Å². The van der Waals surface area contributed by atoms with Gasteiger partial charge in [-0.3, -0.25) is 9.69 Å². The Morgan fingerprint density at radius 2 is 2.20 bits per heavy atom. The van der Waals surface area contributed by atoms with Crippen molar-refractivity contribution in [3.63, 3.8) is 0 Å². The monoisotopic (exact) mass is 212 g/mol. The van der Waals surface area contributed by atoms with E-state index in [1.165, 1.54) is 0 Å². The van der Waals surface area contributed by atoms with Gasteiger partial charge in [-0.1, -0.05) is 0 Å². The topological polar surface area (TPSA) is 41.6 Å². The molecule has 1 saturated carbocycles. The van der Waals surface area contributed by atoms with Crippen molar-refractivity contribution in [2.24, 2.45) is 0 Å². The number of carbonyl (C=O) groups excluding carboxylic acids is 1. The summed E-state index contributed by atoms with van der Waals surface area (Å²) in [6, 6.07) is 0.917. The summed E-state index contributed by atoms with van der Waals surface area (Å²) in [5.41, 5.74) is 0. The fourth-order valence-electron chi connectivity index (χ4n) is 1.82. The van der Waals surface area contributed by atoms with E-state index < -0.39 is 0 Å². The highest BCUT2D eigenvalue weighted by atomic mass is 16.5. The van der Waals surface area contributed by atoms with Gasteiger partial charge in [-0.15, -0.1) is 0 Å². The molecule has 1 amide bonds. The molecule has 15 heavy (non-hydrogen) atoms. The van der Waals surface area contributed by atoms with Gasteiger partial charge >= 0.3 is 0 Å². The van der Waals surface area contributed by atoms with Crippen LogP contribution in [0.5, 0.6) is 0 Å². The summed E-state index contributed by atoms with van der Waals surface area (Å²) in [6.07, 6.45) is 2.00. The van der Waals surface area contributed by atoms with E-state index >= 15 is 0 Å². The minimum absolute atomic E-state index is 0.0721. The molecule has 0 unspecified atom stereocenters. The van der Waals surface area contributed by atoms with E-state index in [0.717, 1.165) is 25.9 Å². The van der Waals surface area contributed by atoms with Crippen LogP contribution in [0.3, 0.4) is 0 Å². The molecule has 1 saturated heterocycles. The number of ether oxygens (including phenoxy) is 1. The lowest BCUT2D eigenvalue weighted by atomic mass is 10.2. The lowest BCUT2D eigenvalue weighted by Gasteiger charge is -2.34. The molecule has 1 atom stereocenters. The average Bonchev–Trinajstić information content (AvgIpc) is 3.02. The van der Waals surface area contributed by atoms with Gasteiger partial charge in [-0.2, -0.15) is 0 Å². The molecule has 0 radical (unpaired) electrons. The zero-order chi connectivity index (χ0) is 10.8. The maximum atomic E-state index is 11.8. The Morgan fingerprint density at radius 1 is 1.47 bits per heavy atom. The normalized spacial score (nSPS) is 28.1. The summed E-state index contributed by atoms with van der Waals surface area (Å²) in [6.45, 7) is 6.64. The van der Waals surface area contributed by atoms with Crippen LogP contribution in [0.1, 0.15) is 26.7 Å². The first-order chi connectivity index (χ1) is 7.16. The Morgan fingerprint density at radius 3 is 2.80 bits per heavy atom. The minimum atomic E-state index is -0.262. The standard InChI is InChI=1S/C11H20N2O2/c1-8(2)13-5-6-15-10(7-13)11(14)12-9-3-4-9/h8-10H,3-7H2,1-2H3,(H,12,14)/t10-/m1/s1. The molecule has 0 spiro atoms. The highest BCUT2D eigenvalue weighted by Gasteiger charge is 2.31. The van der Waals surface area contributed by atoms with Crippen LogP contribution in [0.15, 0.2) is 0 Å². The van der Waals surface area contributed by atoms with Gasteiger partial charge in [0.15, 0.2) is 0 Å². The van der Waals surface area contributed by atoms with Crippen molar-refractivity contribution < 1.29 is 9.53 Å². The summed E-state index contributed by atoms with van der Waals surface area (Å²) in [5.74, 6) is 0.0721. The van der Waals surface area contributed by atoms with Crippen molar-refractivity contribution >= 4 is 5.91 Å². The molecule has 2 aliphatic rings. The Balaban J connectivity index is 1.82. The smallest absolute Gasteiger partial charge is 0.250 e. The van der Waals surface area contributed by atoms with E-state index in [9.17, 15) is 4.79 Å². The van der Waals surface area contributed by atoms with Crippen molar-refractivity contribution in [2.75, 3.05) is 19.7 Å². The first kappa shape index (κ1) is 10.9. The molecule has 4 heteroatoms. The quantitative estimate of drug-likeness (QED) is 0.735. The molecule has 1 aliphatic carbocycles. The molecule has 86 valence electrons. The van der Waals surface area contributed by atoms with Crippen LogP contribution in [-0.4, -0.2) is 48.7 Å². The average molecular weight is 212 g/mol. The third kappa shape index (κ3) is 2.92. The Labute approximate surface area is 91.0 Å². The summed E-state index contributed by atoms with van der Waals surface area (Å²) in [7, 11) is 0. The van der Waals surface area contributed by atoms with Crippen LogP contribution in [0.25, 0.3) is 0 Å². The molecule has 2 fully saturated rings. The fourth-order valence-corrected chi connectivity index (χ4v) is 1.82. The van der Waals surface area contributed by atoms with E-state index in [1.54, 1.807) is 0 Å². The van der Waals surface area contributed by atoms with E-state index in [-0.39, 0.29) is 12.0 Å². The summed E-state index contributed by atoms with van der Waals surface area (Å²) in [4.78, 5) is 14.0. The molecule has 0 aromatic carbocycles. The van der Waals surface area contributed by atoms with Gasteiger partial charge < -0.3 is 10.1 Å². The lowest BCUT2D eigenvalue weighted by Crippen LogP contribution is -2.52. The van der Waals surface area contributed by atoms with Crippen molar-refractivity contribution in [3.8, 4) is 0 Å². The number of hydrogen-bond acceptors (Lipinski definition) is 3. The number of rotatable bonds is 3. The molecule has 4 nitrogen and oxygen atoms in total. The van der Waals surface area contributed by atoms with Crippen molar-refractivity contribution in [3.05, 3.63) is 0 Å². The van der Waals surface area contributed by atoms with Crippen LogP contribution < -0.4 is 5.32 Å². The van der Waals surface area contributed by atoms with E-state index in [0.29, 0.717) is 18.7 Å². The zero-order valence-electron chi connectivity index (χ0n) is 9.53. The molecule has 2 rings (SSSR count). The second-order valence-corrected chi connectivity index (χ2v) is 4.73. The van der Waals surface area contributed by atoms with E-state index in [2.05, 4.69) is 24.1 Å². The van der Waals surface area contributed by atoms with Crippen molar-refractivity contribution in [1.82, 2.24) is 10.2 Å². The molecule has 0 aromatic rings. The van der Waals surface area contributed by atoms with Crippen molar-refractivity contribution in [2.45, 2.75) is 44.9 Å². The van der Waals surface area contributed by atoms with Crippen LogP contribution >= 0.6 is 0 Å². The molecular weight excluding hydrogens is 192 g/mol. The van der Waals surface area contributed by atoms with Crippen LogP contribution in [0, 0.1) is 0 Å². The highest BCUT2D eigenvalue weighted by molar-refractivity contribution is 5.81. The Hall–Kier alpha value is -0.610. The molecular formula is C11H20N2O2. The second kappa shape index (κ2) is 4.49. The second-order valence-electron chi connectivity index (χ2n) is 4.73. The van der Waals surface area contributed by atoms with Gasteiger partial charge in [-0.05, 0) is 26.7 Å². The van der Waals surface area contributed by atoms with Gasteiger partial charge in [0.25, 0.3) is 5.91 Å². The maximum Gasteiger partial charge on any atom is 0.250 e. The summed E-state index contributed by atoms with van der Waals surface area (Å²) in [5, 5.41) is 2.99. The number of nitrogens with one attached hydrogen (secondary N) is 1. The number of nitrogens with zero attached hydrogens (tertiary/aromatic N) is 1. The fraction of sp³-hybridized carbons (Fsp3) is 0.909. The first-order valence-electron chi connectivity index (χ1n) is 5.83. The SMILES string of the molecule is CC(C)N1CCO[C@@H](C(=O)NC2CC2)C1. The number of hydrogen-bond donors (Lipinski definition) is 1.